The van der Waals surface area contributed by atoms with Gasteiger partial charge in [0.15, 0.2) is 0 Å². The molecule has 0 unspecified atom stereocenters. The Balaban J connectivity index is 2.36. The molecule has 0 aromatic heterocycles. The number of hydrogen-bond donors (Lipinski definition) is 2. The Morgan fingerprint density at radius 2 is 1.94 bits per heavy atom. The Labute approximate surface area is 103 Å². The van der Waals surface area contributed by atoms with Gasteiger partial charge in [-0.15, -0.1) is 0 Å². The summed E-state index contributed by atoms with van der Waals surface area (Å²) in [6.07, 6.45) is 0. The first kappa shape index (κ1) is 12.1. The van der Waals surface area contributed by atoms with Crippen LogP contribution >= 0.6 is 0 Å². The SMILES string of the molecule is CCNc1ccc2c(c1)C(=O)N(CC(=O)O)C2=O. The van der Waals surface area contributed by atoms with Crippen LogP contribution in [-0.4, -0.2) is 40.9 Å². The Kier molecular flexibility index (Phi) is 3.01. The molecular weight excluding hydrogens is 236 g/mol. The molecule has 1 aromatic carbocycles. The summed E-state index contributed by atoms with van der Waals surface area (Å²) in [5, 5.41) is 11.7. The molecule has 6 heteroatoms. The minimum absolute atomic E-state index is 0.250. The van der Waals surface area contributed by atoms with Crippen LogP contribution in [0.5, 0.6) is 0 Å². The monoisotopic (exact) mass is 248 g/mol. The van der Waals surface area contributed by atoms with Crippen LogP contribution in [0.25, 0.3) is 0 Å². The van der Waals surface area contributed by atoms with Gasteiger partial charge in [0.25, 0.3) is 11.8 Å². The van der Waals surface area contributed by atoms with Gasteiger partial charge in [-0.3, -0.25) is 19.3 Å². The van der Waals surface area contributed by atoms with Crippen LogP contribution in [0, 0.1) is 0 Å². The number of fused-ring (bicyclic) bond motifs is 1. The molecule has 0 atom stereocenters. The summed E-state index contributed by atoms with van der Waals surface area (Å²) in [6.45, 7) is 2.00. The van der Waals surface area contributed by atoms with Gasteiger partial charge in [0.05, 0.1) is 11.1 Å². The third-order valence-corrected chi connectivity index (χ3v) is 2.64. The van der Waals surface area contributed by atoms with Crippen molar-refractivity contribution < 1.29 is 19.5 Å². The average Bonchev–Trinajstić information content (AvgIpc) is 2.55. The van der Waals surface area contributed by atoms with E-state index in [2.05, 4.69) is 5.32 Å². The largest absolute Gasteiger partial charge is 0.480 e. The van der Waals surface area contributed by atoms with Gasteiger partial charge < -0.3 is 10.4 Å². The van der Waals surface area contributed by atoms with E-state index in [9.17, 15) is 14.4 Å². The first-order valence-corrected chi connectivity index (χ1v) is 5.50. The van der Waals surface area contributed by atoms with E-state index in [1.165, 1.54) is 6.07 Å². The summed E-state index contributed by atoms with van der Waals surface area (Å²) in [7, 11) is 0. The second-order valence-electron chi connectivity index (χ2n) is 3.88. The zero-order valence-corrected chi connectivity index (χ0v) is 9.77. The van der Waals surface area contributed by atoms with Gasteiger partial charge in [-0.25, -0.2) is 0 Å². The minimum atomic E-state index is -1.21. The van der Waals surface area contributed by atoms with E-state index in [1.807, 2.05) is 6.92 Å². The molecule has 2 rings (SSSR count). The van der Waals surface area contributed by atoms with Crippen molar-refractivity contribution in [3.8, 4) is 0 Å². The van der Waals surface area contributed by atoms with Gasteiger partial charge in [-0.05, 0) is 25.1 Å². The maximum Gasteiger partial charge on any atom is 0.323 e. The first-order valence-electron chi connectivity index (χ1n) is 5.50. The molecule has 0 radical (unpaired) electrons. The van der Waals surface area contributed by atoms with E-state index in [0.717, 1.165) is 10.6 Å². The van der Waals surface area contributed by atoms with E-state index in [4.69, 9.17) is 5.11 Å². The van der Waals surface area contributed by atoms with Gasteiger partial charge in [0.1, 0.15) is 6.54 Å². The highest BCUT2D eigenvalue weighted by molar-refractivity contribution is 6.22. The molecule has 1 aromatic rings. The Bertz CT molecular complexity index is 539. The number of carbonyl (C=O) groups is 3. The molecule has 6 nitrogen and oxygen atoms in total. The zero-order valence-electron chi connectivity index (χ0n) is 9.77. The fourth-order valence-corrected chi connectivity index (χ4v) is 1.88. The molecule has 0 aliphatic carbocycles. The predicted octanol–water partition coefficient (Wildman–Crippen LogP) is 0.799. The van der Waals surface area contributed by atoms with E-state index in [0.29, 0.717) is 6.54 Å². The lowest BCUT2D eigenvalue weighted by atomic mass is 10.1. The van der Waals surface area contributed by atoms with Crippen molar-refractivity contribution in [2.75, 3.05) is 18.4 Å². The molecule has 0 saturated heterocycles. The Hall–Kier alpha value is -2.37. The molecule has 1 aliphatic rings. The molecule has 18 heavy (non-hydrogen) atoms. The number of rotatable bonds is 4. The van der Waals surface area contributed by atoms with Gasteiger partial charge in [-0.1, -0.05) is 0 Å². The van der Waals surface area contributed by atoms with Crippen LogP contribution in [-0.2, 0) is 4.79 Å². The number of imide groups is 1. The van der Waals surface area contributed by atoms with Crippen LogP contribution in [0.1, 0.15) is 27.6 Å². The molecule has 0 spiro atoms. The van der Waals surface area contributed by atoms with E-state index in [-0.39, 0.29) is 11.1 Å². The van der Waals surface area contributed by atoms with Gasteiger partial charge in [0.2, 0.25) is 0 Å². The van der Waals surface area contributed by atoms with Crippen LogP contribution in [0.4, 0.5) is 5.69 Å². The molecule has 0 saturated carbocycles. The lowest BCUT2D eigenvalue weighted by molar-refractivity contribution is -0.137. The standard InChI is InChI=1S/C12H12N2O4/c1-2-13-7-3-4-8-9(5-7)12(18)14(11(8)17)6-10(15)16/h3-5,13H,2,6H2,1H3,(H,15,16). The average molecular weight is 248 g/mol. The summed E-state index contributed by atoms with van der Waals surface area (Å²) in [4.78, 5) is 35.1. The van der Waals surface area contributed by atoms with Crippen molar-refractivity contribution in [2.24, 2.45) is 0 Å². The maximum atomic E-state index is 11.9. The third kappa shape index (κ3) is 1.92. The molecule has 0 bridgehead atoms. The number of nitrogens with one attached hydrogen (secondary N) is 1. The number of carbonyl (C=O) groups excluding carboxylic acids is 2. The van der Waals surface area contributed by atoms with Crippen LogP contribution in [0.15, 0.2) is 18.2 Å². The maximum absolute atomic E-state index is 11.9. The zero-order chi connectivity index (χ0) is 13.3. The van der Waals surface area contributed by atoms with Crippen molar-refractivity contribution >= 4 is 23.5 Å². The predicted molar refractivity (Wildman–Crippen MR) is 63.6 cm³/mol. The second-order valence-corrected chi connectivity index (χ2v) is 3.88. The number of aliphatic carboxylic acids is 1. The summed E-state index contributed by atoms with van der Waals surface area (Å²) < 4.78 is 0. The van der Waals surface area contributed by atoms with Crippen molar-refractivity contribution in [1.29, 1.82) is 0 Å². The van der Waals surface area contributed by atoms with Crippen molar-refractivity contribution in [3.63, 3.8) is 0 Å². The molecule has 1 heterocycles. The van der Waals surface area contributed by atoms with Crippen molar-refractivity contribution in [2.45, 2.75) is 6.92 Å². The highest BCUT2D eigenvalue weighted by Gasteiger charge is 2.36. The van der Waals surface area contributed by atoms with E-state index in [1.54, 1.807) is 12.1 Å². The second kappa shape index (κ2) is 4.48. The normalized spacial score (nSPS) is 13.7. The summed E-state index contributed by atoms with van der Waals surface area (Å²) >= 11 is 0. The highest BCUT2D eigenvalue weighted by Crippen LogP contribution is 2.25. The van der Waals surface area contributed by atoms with E-state index < -0.39 is 24.3 Å². The van der Waals surface area contributed by atoms with Gasteiger partial charge >= 0.3 is 5.97 Å². The fourth-order valence-electron chi connectivity index (χ4n) is 1.88. The molecule has 2 N–H and O–H groups in total. The first-order chi connectivity index (χ1) is 8.54. The van der Waals surface area contributed by atoms with Crippen molar-refractivity contribution in [3.05, 3.63) is 29.3 Å². The van der Waals surface area contributed by atoms with Crippen molar-refractivity contribution in [1.82, 2.24) is 4.90 Å². The van der Waals surface area contributed by atoms with Gasteiger partial charge in [0, 0.05) is 12.2 Å². The molecule has 2 amide bonds. The number of nitrogens with zero attached hydrogens (tertiary/aromatic N) is 1. The summed E-state index contributed by atoms with van der Waals surface area (Å²) in [6, 6.07) is 4.80. The van der Waals surface area contributed by atoms with Crippen LogP contribution < -0.4 is 5.32 Å². The number of carboxylic acids is 1. The number of amides is 2. The topological polar surface area (TPSA) is 86.7 Å². The number of carboxylic acid groups (broad SMARTS) is 1. The quantitative estimate of drug-likeness (QED) is 0.769. The minimum Gasteiger partial charge on any atom is -0.480 e. The molecule has 1 aliphatic heterocycles. The third-order valence-electron chi connectivity index (χ3n) is 2.64. The molecular formula is C12H12N2O4. The summed E-state index contributed by atoms with van der Waals surface area (Å²) in [5.41, 5.74) is 1.23. The van der Waals surface area contributed by atoms with Crippen LogP contribution in [0.2, 0.25) is 0 Å². The molecule has 0 fully saturated rings. The lowest BCUT2D eigenvalue weighted by Gasteiger charge is -2.09. The number of hydrogen-bond acceptors (Lipinski definition) is 4. The van der Waals surface area contributed by atoms with Crippen LogP contribution in [0.3, 0.4) is 0 Å². The Morgan fingerprint density at radius 1 is 1.28 bits per heavy atom. The fraction of sp³-hybridized carbons (Fsp3) is 0.250. The number of benzene rings is 1. The summed E-state index contributed by atoms with van der Waals surface area (Å²) in [5.74, 6) is -2.32. The Morgan fingerprint density at radius 3 is 2.56 bits per heavy atom. The lowest BCUT2D eigenvalue weighted by Crippen LogP contribution is -2.34. The number of anilines is 1. The van der Waals surface area contributed by atoms with E-state index >= 15 is 0 Å². The molecule has 94 valence electrons. The van der Waals surface area contributed by atoms with Gasteiger partial charge in [-0.2, -0.15) is 0 Å². The highest BCUT2D eigenvalue weighted by atomic mass is 16.4. The smallest absolute Gasteiger partial charge is 0.323 e.